The summed E-state index contributed by atoms with van der Waals surface area (Å²) < 4.78 is 37.9. The van der Waals surface area contributed by atoms with Crippen LogP contribution in [0.4, 0.5) is 21.5 Å². The zero-order valence-corrected chi connectivity index (χ0v) is 19.0. The number of rotatable bonds is 6. The Labute approximate surface area is 202 Å². The van der Waals surface area contributed by atoms with Crippen LogP contribution in [0.1, 0.15) is 10.4 Å². The minimum atomic E-state index is -2.84. The predicted octanol–water partition coefficient (Wildman–Crippen LogP) is 6.04. The lowest BCUT2D eigenvalue weighted by Gasteiger charge is -2.27. The Bertz CT molecular complexity index is 1370. The molecule has 34 heavy (non-hydrogen) atoms. The summed E-state index contributed by atoms with van der Waals surface area (Å²) in [4.78, 5) is 12.9. The fourth-order valence-corrected chi connectivity index (χ4v) is 4.22. The van der Waals surface area contributed by atoms with Crippen LogP contribution < -0.4 is 9.62 Å². The third-order valence-corrected chi connectivity index (χ3v) is 6.00. The van der Waals surface area contributed by atoms with Crippen LogP contribution in [0.2, 0.25) is 5.02 Å². The van der Waals surface area contributed by atoms with Crippen molar-refractivity contribution >= 4 is 45.8 Å². The number of phenols is 1. The number of amides is 1. The average molecular weight is 496 g/mol. The number of carbonyl (C=O) groups is 1. The molecule has 0 bridgehead atoms. The van der Waals surface area contributed by atoms with Crippen molar-refractivity contribution in [3.63, 3.8) is 0 Å². The van der Waals surface area contributed by atoms with Gasteiger partial charge in [-0.3, -0.25) is 13.3 Å². The monoisotopic (exact) mass is 495 g/mol. The van der Waals surface area contributed by atoms with Gasteiger partial charge in [0.05, 0.1) is 33.2 Å². The predicted molar refractivity (Wildman–Crippen MR) is 130 cm³/mol. The van der Waals surface area contributed by atoms with E-state index in [2.05, 4.69) is 5.32 Å². The second-order valence-corrected chi connectivity index (χ2v) is 8.41. The molecule has 0 saturated carbocycles. The molecule has 0 radical (unpaired) electrons. The Hall–Kier alpha value is -3.72. The molecule has 0 saturated heterocycles. The van der Waals surface area contributed by atoms with Gasteiger partial charge in [0.2, 0.25) is 0 Å². The molecule has 2 N–H and O–H groups in total. The molecule has 0 heterocycles. The number of hydrogen-bond acceptors (Lipinski definition) is 4. The van der Waals surface area contributed by atoms with Gasteiger partial charge in [0.25, 0.3) is 5.91 Å². The molecule has 0 spiro atoms. The average Bonchev–Trinajstić information content (AvgIpc) is 2.82. The minimum Gasteiger partial charge on any atom is -0.755 e. The number of phenolic OH excluding ortho intramolecular Hbond substituents is 1. The number of nitrogens with zero attached hydrogens (tertiary/aromatic N) is 1. The zero-order valence-electron chi connectivity index (χ0n) is 17.4. The summed E-state index contributed by atoms with van der Waals surface area (Å²) in [7, 11) is 0. The van der Waals surface area contributed by atoms with Gasteiger partial charge in [0, 0.05) is 5.69 Å². The van der Waals surface area contributed by atoms with E-state index in [-0.39, 0.29) is 33.4 Å². The maximum Gasteiger partial charge on any atom is 0.257 e. The van der Waals surface area contributed by atoms with Crippen LogP contribution >= 0.6 is 11.6 Å². The lowest BCUT2D eigenvalue weighted by molar-refractivity contribution is 0.102. The Kier molecular flexibility index (Phi) is 6.93. The highest BCUT2D eigenvalue weighted by Gasteiger charge is 2.18. The van der Waals surface area contributed by atoms with E-state index in [0.29, 0.717) is 0 Å². The highest BCUT2D eigenvalue weighted by atomic mass is 35.5. The SMILES string of the molecule is O=C(Nc1ccc(O)c(N(c2ccc(F)cc2)S(=O)[O-])c1)c1ccc(-c2ccccc2)cc1Cl. The van der Waals surface area contributed by atoms with Gasteiger partial charge in [-0.05, 0) is 65.7 Å². The molecule has 1 atom stereocenters. The fraction of sp³-hybridized carbons (Fsp3) is 0. The van der Waals surface area contributed by atoms with Crippen LogP contribution in [0.3, 0.4) is 0 Å². The number of anilines is 3. The maximum absolute atomic E-state index is 13.3. The summed E-state index contributed by atoms with van der Waals surface area (Å²) in [6, 6.07) is 23.3. The second kappa shape index (κ2) is 10.0. The van der Waals surface area contributed by atoms with E-state index in [1.54, 1.807) is 18.2 Å². The first-order valence-corrected chi connectivity index (χ1v) is 11.4. The molecular formula is C25H17ClFN2O4S-. The highest BCUT2D eigenvalue weighted by Crippen LogP contribution is 2.36. The molecule has 0 aliphatic carbocycles. The van der Waals surface area contributed by atoms with Crippen molar-refractivity contribution in [1.82, 2.24) is 0 Å². The van der Waals surface area contributed by atoms with Crippen molar-refractivity contribution in [3.05, 3.63) is 107 Å². The van der Waals surface area contributed by atoms with Gasteiger partial charge in [0.15, 0.2) is 0 Å². The van der Waals surface area contributed by atoms with Crippen molar-refractivity contribution in [3.8, 4) is 16.9 Å². The number of hydrogen-bond donors (Lipinski definition) is 2. The fourth-order valence-electron chi connectivity index (χ4n) is 3.35. The molecule has 1 amide bonds. The van der Waals surface area contributed by atoms with E-state index in [1.807, 2.05) is 30.3 Å². The number of benzene rings is 4. The van der Waals surface area contributed by atoms with Crippen LogP contribution in [-0.4, -0.2) is 19.8 Å². The number of aromatic hydroxyl groups is 1. The van der Waals surface area contributed by atoms with E-state index in [4.69, 9.17) is 11.6 Å². The Morgan fingerprint density at radius 3 is 2.29 bits per heavy atom. The van der Waals surface area contributed by atoms with Crippen LogP contribution in [0.5, 0.6) is 5.75 Å². The molecule has 0 fully saturated rings. The second-order valence-electron chi connectivity index (χ2n) is 7.21. The van der Waals surface area contributed by atoms with Crippen molar-refractivity contribution in [2.45, 2.75) is 0 Å². The molecule has 6 nitrogen and oxygen atoms in total. The first-order chi connectivity index (χ1) is 16.3. The molecule has 9 heteroatoms. The van der Waals surface area contributed by atoms with Gasteiger partial charge in [0.1, 0.15) is 11.6 Å². The van der Waals surface area contributed by atoms with Crippen molar-refractivity contribution in [1.29, 1.82) is 0 Å². The smallest absolute Gasteiger partial charge is 0.257 e. The van der Waals surface area contributed by atoms with Gasteiger partial charge in [-0.15, -0.1) is 0 Å². The summed E-state index contributed by atoms with van der Waals surface area (Å²) in [6.45, 7) is 0. The molecule has 0 aromatic heterocycles. The summed E-state index contributed by atoms with van der Waals surface area (Å²) in [5, 5.41) is 13.2. The van der Waals surface area contributed by atoms with Gasteiger partial charge >= 0.3 is 0 Å². The van der Waals surface area contributed by atoms with E-state index in [1.165, 1.54) is 30.3 Å². The highest BCUT2D eigenvalue weighted by molar-refractivity contribution is 7.81. The summed E-state index contributed by atoms with van der Waals surface area (Å²) in [5.41, 5.74) is 2.22. The maximum atomic E-state index is 13.3. The molecule has 0 aliphatic rings. The Balaban J connectivity index is 1.61. The molecular weight excluding hydrogens is 479 g/mol. The molecule has 0 aliphatic heterocycles. The number of halogens is 2. The first kappa shape index (κ1) is 23.4. The standard InChI is InChI=1S/C25H18ClFN2O4S/c26-22-14-17(16-4-2-1-3-5-16)6-12-21(22)25(31)28-19-9-13-24(30)23(15-19)29(34(32)33)20-10-7-18(27)8-11-20/h1-15,30H,(H,28,31)(H,32,33)/p-1. The lowest BCUT2D eigenvalue weighted by Crippen LogP contribution is -2.20. The molecule has 172 valence electrons. The van der Waals surface area contributed by atoms with Crippen LogP contribution in [0.15, 0.2) is 91.0 Å². The van der Waals surface area contributed by atoms with E-state index in [9.17, 15) is 23.1 Å². The Morgan fingerprint density at radius 1 is 0.941 bits per heavy atom. The molecule has 4 aromatic rings. The summed E-state index contributed by atoms with van der Waals surface area (Å²) in [5.74, 6) is -1.41. The van der Waals surface area contributed by atoms with E-state index >= 15 is 0 Å². The normalized spacial score (nSPS) is 11.6. The lowest BCUT2D eigenvalue weighted by atomic mass is 10.0. The molecule has 1 unspecified atom stereocenters. The zero-order chi connectivity index (χ0) is 24.2. The van der Waals surface area contributed by atoms with E-state index < -0.39 is 23.0 Å². The summed E-state index contributed by atoms with van der Waals surface area (Å²) in [6.07, 6.45) is 0. The van der Waals surface area contributed by atoms with E-state index in [0.717, 1.165) is 27.6 Å². The van der Waals surface area contributed by atoms with Crippen molar-refractivity contribution in [2.24, 2.45) is 0 Å². The summed E-state index contributed by atoms with van der Waals surface area (Å²) >= 11 is 3.52. The molecule has 4 rings (SSSR count). The van der Waals surface area contributed by atoms with Crippen LogP contribution in [0, 0.1) is 5.82 Å². The van der Waals surface area contributed by atoms with Gasteiger partial charge in [-0.2, -0.15) is 0 Å². The van der Waals surface area contributed by atoms with Crippen molar-refractivity contribution in [2.75, 3.05) is 9.62 Å². The Morgan fingerprint density at radius 2 is 1.65 bits per heavy atom. The minimum absolute atomic E-state index is 0.105. The number of carbonyl (C=O) groups excluding carboxylic acids is 1. The van der Waals surface area contributed by atoms with Gasteiger partial charge in [-0.1, -0.05) is 48.0 Å². The largest absolute Gasteiger partial charge is 0.755 e. The van der Waals surface area contributed by atoms with Crippen LogP contribution in [-0.2, 0) is 11.3 Å². The number of nitrogens with one attached hydrogen (secondary N) is 1. The third-order valence-electron chi connectivity index (χ3n) is 4.98. The molecule has 4 aromatic carbocycles. The third kappa shape index (κ3) is 5.09. The van der Waals surface area contributed by atoms with Gasteiger partial charge in [-0.25, -0.2) is 4.39 Å². The first-order valence-electron chi connectivity index (χ1n) is 9.98. The van der Waals surface area contributed by atoms with Crippen molar-refractivity contribution < 1.29 is 23.1 Å². The topological polar surface area (TPSA) is 92.7 Å². The van der Waals surface area contributed by atoms with Crippen LogP contribution in [0.25, 0.3) is 11.1 Å². The quantitative estimate of drug-likeness (QED) is 0.252. The van der Waals surface area contributed by atoms with Gasteiger partial charge < -0.3 is 15.0 Å².